The van der Waals surface area contributed by atoms with E-state index in [9.17, 15) is 4.79 Å². The number of rotatable bonds is 7. The summed E-state index contributed by atoms with van der Waals surface area (Å²) in [5, 5.41) is 12.1. The number of hydrogen-bond donors (Lipinski definition) is 1. The average molecular weight is 318 g/mol. The number of aryl methyl sites for hydroxylation is 2. The first-order valence-electron chi connectivity index (χ1n) is 7.56. The van der Waals surface area contributed by atoms with Crippen molar-refractivity contribution in [3.8, 4) is 0 Å². The number of para-hydroxylation sites is 1. The van der Waals surface area contributed by atoms with Crippen molar-refractivity contribution in [1.82, 2.24) is 14.8 Å². The van der Waals surface area contributed by atoms with Gasteiger partial charge in [0.15, 0.2) is 5.16 Å². The third kappa shape index (κ3) is 4.10. The molecule has 2 rings (SSSR count). The van der Waals surface area contributed by atoms with Crippen LogP contribution in [0.15, 0.2) is 29.4 Å². The van der Waals surface area contributed by atoms with Crippen LogP contribution in [0.4, 0.5) is 5.69 Å². The Labute approximate surface area is 135 Å². The first-order valence-corrected chi connectivity index (χ1v) is 8.54. The smallest absolute Gasteiger partial charge is 0.234 e. The van der Waals surface area contributed by atoms with Gasteiger partial charge in [-0.3, -0.25) is 4.79 Å². The van der Waals surface area contributed by atoms with Gasteiger partial charge in [-0.2, -0.15) is 0 Å². The van der Waals surface area contributed by atoms with Gasteiger partial charge in [0.2, 0.25) is 5.91 Å². The lowest BCUT2D eigenvalue weighted by Gasteiger charge is -2.09. The predicted octanol–water partition coefficient (Wildman–Crippen LogP) is 3.29. The fraction of sp³-hybridized carbons (Fsp3) is 0.438. The van der Waals surface area contributed by atoms with E-state index in [-0.39, 0.29) is 5.91 Å². The normalized spacial score (nSPS) is 10.7. The van der Waals surface area contributed by atoms with Gasteiger partial charge < -0.3 is 9.88 Å². The summed E-state index contributed by atoms with van der Waals surface area (Å²) < 4.78 is 2.10. The Morgan fingerprint density at radius 3 is 2.73 bits per heavy atom. The van der Waals surface area contributed by atoms with Crippen molar-refractivity contribution in [1.29, 1.82) is 0 Å². The SMILES string of the molecule is CCCn1c(CC)nnc1SCC(=O)Nc1ccccc1C. The van der Waals surface area contributed by atoms with Crippen LogP contribution in [0.1, 0.15) is 31.7 Å². The zero-order valence-electron chi connectivity index (χ0n) is 13.3. The van der Waals surface area contributed by atoms with E-state index in [4.69, 9.17) is 0 Å². The molecule has 0 aliphatic heterocycles. The highest BCUT2D eigenvalue weighted by Crippen LogP contribution is 2.19. The number of anilines is 1. The maximum absolute atomic E-state index is 12.1. The molecule has 5 nitrogen and oxygen atoms in total. The molecule has 0 spiro atoms. The van der Waals surface area contributed by atoms with Gasteiger partial charge in [-0.15, -0.1) is 10.2 Å². The van der Waals surface area contributed by atoms with Crippen LogP contribution in [0.3, 0.4) is 0 Å². The van der Waals surface area contributed by atoms with Crippen LogP contribution in [0, 0.1) is 6.92 Å². The topological polar surface area (TPSA) is 59.8 Å². The molecule has 0 aliphatic carbocycles. The molecular formula is C16H22N4OS. The molecule has 1 N–H and O–H groups in total. The van der Waals surface area contributed by atoms with Crippen molar-refractivity contribution in [3.05, 3.63) is 35.7 Å². The maximum atomic E-state index is 12.1. The van der Waals surface area contributed by atoms with Crippen molar-refractivity contribution in [3.63, 3.8) is 0 Å². The minimum absolute atomic E-state index is 0.0246. The molecule has 1 aromatic carbocycles. The van der Waals surface area contributed by atoms with Crippen LogP contribution >= 0.6 is 11.8 Å². The van der Waals surface area contributed by atoms with Crippen molar-refractivity contribution in [2.45, 2.75) is 45.3 Å². The van der Waals surface area contributed by atoms with Gasteiger partial charge >= 0.3 is 0 Å². The molecule has 0 bridgehead atoms. The molecule has 0 radical (unpaired) electrons. The van der Waals surface area contributed by atoms with Gasteiger partial charge in [-0.1, -0.05) is 43.8 Å². The first-order chi connectivity index (χ1) is 10.7. The van der Waals surface area contributed by atoms with Gasteiger partial charge in [0.05, 0.1) is 5.75 Å². The number of amides is 1. The van der Waals surface area contributed by atoms with E-state index in [1.807, 2.05) is 31.2 Å². The van der Waals surface area contributed by atoms with Crippen LogP contribution in [0.5, 0.6) is 0 Å². The van der Waals surface area contributed by atoms with Crippen LogP contribution in [0.2, 0.25) is 0 Å². The second-order valence-electron chi connectivity index (χ2n) is 5.06. The average Bonchev–Trinajstić information content (AvgIpc) is 2.90. The largest absolute Gasteiger partial charge is 0.325 e. The predicted molar refractivity (Wildman–Crippen MR) is 90.2 cm³/mol. The Bertz CT molecular complexity index is 639. The fourth-order valence-corrected chi connectivity index (χ4v) is 2.95. The van der Waals surface area contributed by atoms with Crippen LogP contribution in [-0.4, -0.2) is 26.4 Å². The van der Waals surface area contributed by atoms with E-state index < -0.39 is 0 Å². The van der Waals surface area contributed by atoms with E-state index in [2.05, 4.69) is 33.9 Å². The molecule has 1 aromatic heterocycles. The molecule has 6 heteroatoms. The minimum atomic E-state index is -0.0246. The molecule has 22 heavy (non-hydrogen) atoms. The molecule has 0 saturated heterocycles. The Kier molecular flexibility index (Phi) is 6.00. The molecule has 0 aliphatic rings. The lowest BCUT2D eigenvalue weighted by molar-refractivity contribution is -0.113. The number of thioether (sulfide) groups is 1. The number of benzene rings is 1. The number of carbonyl (C=O) groups is 1. The lowest BCUT2D eigenvalue weighted by atomic mass is 10.2. The van der Waals surface area contributed by atoms with Crippen LogP contribution in [0.25, 0.3) is 0 Å². The molecule has 118 valence electrons. The number of carbonyl (C=O) groups excluding carboxylic acids is 1. The van der Waals surface area contributed by atoms with Gasteiger partial charge in [-0.25, -0.2) is 0 Å². The zero-order valence-corrected chi connectivity index (χ0v) is 14.1. The van der Waals surface area contributed by atoms with Gasteiger partial charge in [-0.05, 0) is 25.0 Å². The van der Waals surface area contributed by atoms with Crippen LogP contribution < -0.4 is 5.32 Å². The molecular weight excluding hydrogens is 296 g/mol. The van der Waals surface area contributed by atoms with Crippen LogP contribution in [-0.2, 0) is 17.8 Å². The van der Waals surface area contributed by atoms with Crippen molar-refractivity contribution in [2.24, 2.45) is 0 Å². The standard InChI is InChI=1S/C16H22N4OS/c1-4-10-20-14(5-2)18-19-16(20)22-11-15(21)17-13-9-7-6-8-12(13)3/h6-9H,4-5,10-11H2,1-3H3,(H,17,21). The minimum Gasteiger partial charge on any atom is -0.325 e. The summed E-state index contributed by atoms with van der Waals surface area (Å²) in [6.45, 7) is 7.06. The number of aromatic nitrogens is 3. The molecule has 0 atom stereocenters. The quantitative estimate of drug-likeness (QED) is 0.796. The highest BCUT2D eigenvalue weighted by atomic mass is 32.2. The summed E-state index contributed by atoms with van der Waals surface area (Å²) in [4.78, 5) is 12.1. The number of nitrogens with zero attached hydrogens (tertiary/aromatic N) is 3. The van der Waals surface area contributed by atoms with E-state index >= 15 is 0 Å². The Balaban J connectivity index is 1.97. The van der Waals surface area contributed by atoms with Gasteiger partial charge in [0, 0.05) is 18.7 Å². The molecule has 0 unspecified atom stereocenters. The monoisotopic (exact) mass is 318 g/mol. The van der Waals surface area contributed by atoms with Crippen molar-refractivity contribution < 1.29 is 4.79 Å². The molecule has 2 aromatic rings. The zero-order chi connectivity index (χ0) is 15.9. The van der Waals surface area contributed by atoms with E-state index in [1.54, 1.807) is 0 Å². The van der Waals surface area contributed by atoms with E-state index in [0.717, 1.165) is 41.6 Å². The molecule has 0 saturated carbocycles. The summed E-state index contributed by atoms with van der Waals surface area (Å²) in [6.07, 6.45) is 1.87. The number of hydrogen-bond acceptors (Lipinski definition) is 4. The number of nitrogens with one attached hydrogen (secondary N) is 1. The first kappa shape index (κ1) is 16.5. The third-order valence-electron chi connectivity index (χ3n) is 3.31. The van der Waals surface area contributed by atoms with Crippen molar-refractivity contribution in [2.75, 3.05) is 11.1 Å². The molecule has 1 amide bonds. The Morgan fingerprint density at radius 1 is 1.27 bits per heavy atom. The summed E-state index contributed by atoms with van der Waals surface area (Å²) in [6, 6.07) is 7.77. The lowest BCUT2D eigenvalue weighted by Crippen LogP contribution is -2.15. The summed E-state index contributed by atoms with van der Waals surface area (Å²) in [5.74, 6) is 1.28. The molecule has 1 heterocycles. The second kappa shape index (κ2) is 7.98. The summed E-state index contributed by atoms with van der Waals surface area (Å²) in [5.41, 5.74) is 1.92. The summed E-state index contributed by atoms with van der Waals surface area (Å²) in [7, 11) is 0. The second-order valence-corrected chi connectivity index (χ2v) is 6.00. The van der Waals surface area contributed by atoms with E-state index in [1.165, 1.54) is 11.8 Å². The maximum Gasteiger partial charge on any atom is 0.234 e. The van der Waals surface area contributed by atoms with Gasteiger partial charge in [0.25, 0.3) is 0 Å². The van der Waals surface area contributed by atoms with Crippen molar-refractivity contribution >= 4 is 23.4 Å². The summed E-state index contributed by atoms with van der Waals surface area (Å²) >= 11 is 1.43. The fourth-order valence-electron chi connectivity index (χ4n) is 2.17. The van der Waals surface area contributed by atoms with E-state index in [0.29, 0.717) is 5.75 Å². The third-order valence-corrected chi connectivity index (χ3v) is 4.28. The molecule has 0 fully saturated rings. The van der Waals surface area contributed by atoms with Gasteiger partial charge in [0.1, 0.15) is 5.82 Å². The highest BCUT2D eigenvalue weighted by molar-refractivity contribution is 7.99. The highest BCUT2D eigenvalue weighted by Gasteiger charge is 2.13. The Hall–Kier alpha value is -1.82. The Morgan fingerprint density at radius 2 is 2.05 bits per heavy atom.